The summed E-state index contributed by atoms with van der Waals surface area (Å²) in [6.07, 6.45) is -12.2. The third-order valence-corrected chi connectivity index (χ3v) is 1.56. The zero-order chi connectivity index (χ0) is 13.4. The molecule has 3 nitrogen and oxygen atoms in total. The highest BCUT2D eigenvalue weighted by Gasteiger charge is 2.75. The summed E-state index contributed by atoms with van der Waals surface area (Å²) in [5, 5.41) is 16.2. The molecule has 2 N–H and O–H groups in total. The number of carboxylic acid groups (broad SMARTS) is 1. The van der Waals surface area contributed by atoms with Crippen molar-refractivity contribution in [2.45, 2.75) is 30.5 Å². The predicted octanol–water partition coefficient (Wildman–Crippen LogP) is 1.65. The van der Waals surface area contributed by atoms with Crippen molar-refractivity contribution in [3.63, 3.8) is 0 Å². The number of aliphatic hydroxyl groups excluding tert-OH is 1. The van der Waals surface area contributed by atoms with Crippen LogP contribution in [0.5, 0.6) is 0 Å². The van der Waals surface area contributed by atoms with Crippen molar-refractivity contribution in [3.8, 4) is 0 Å². The number of halogens is 7. The molecule has 0 aromatic carbocycles. The van der Waals surface area contributed by atoms with E-state index in [1.165, 1.54) is 0 Å². The first-order valence-corrected chi connectivity index (χ1v) is 3.56. The number of alkyl halides is 7. The lowest BCUT2D eigenvalue weighted by molar-refractivity contribution is -0.370. The van der Waals surface area contributed by atoms with Crippen LogP contribution in [0.4, 0.5) is 30.7 Å². The van der Waals surface area contributed by atoms with Crippen molar-refractivity contribution in [2.75, 3.05) is 0 Å². The SMILES string of the molecule is O=C(O)CC(O)C(F)(F)C(F)(F)C(F)(F)F. The molecule has 0 aromatic heterocycles. The Hall–Kier alpha value is -1.06. The molecule has 0 aliphatic rings. The standard InChI is InChI=1S/C6H5F7O3/c7-4(8,2(14)1-3(15)16)5(9,10)6(11,12)13/h2,14H,1H2,(H,15,16). The fourth-order valence-corrected chi connectivity index (χ4v) is 0.692. The minimum atomic E-state index is -6.59. The van der Waals surface area contributed by atoms with E-state index in [0.29, 0.717) is 0 Å². The molecule has 1 unspecified atom stereocenters. The van der Waals surface area contributed by atoms with Gasteiger partial charge in [-0.25, -0.2) is 0 Å². The van der Waals surface area contributed by atoms with Gasteiger partial charge >= 0.3 is 24.0 Å². The molecule has 0 fully saturated rings. The van der Waals surface area contributed by atoms with Gasteiger partial charge in [0.2, 0.25) is 0 Å². The highest BCUT2D eigenvalue weighted by atomic mass is 19.4. The van der Waals surface area contributed by atoms with Gasteiger partial charge in [-0.1, -0.05) is 0 Å². The lowest BCUT2D eigenvalue weighted by Gasteiger charge is -2.30. The second-order valence-electron chi connectivity index (χ2n) is 2.81. The van der Waals surface area contributed by atoms with Crippen molar-refractivity contribution >= 4 is 5.97 Å². The van der Waals surface area contributed by atoms with Crippen LogP contribution in [0.25, 0.3) is 0 Å². The average Bonchev–Trinajstić information content (AvgIpc) is 2.00. The number of carbonyl (C=O) groups is 1. The van der Waals surface area contributed by atoms with Crippen molar-refractivity contribution in [3.05, 3.63) is 0 Å². The Bertz CT molecular complexity index is 272. The summed E-state index contributed by atoms with van der Waals surface area (Å²) in [4.78, 5) is 9.81. The molecule has 96 valence electrons. The Kier molecular flexibility index (Phi) is 3.80. The van der Waals surface area contributed by atoms with Gasteiger partial charge < -0.3 is 10.2 Å². The van der Waals surface area contributed by atoms with E-state index >= 15 is 0 Å². The first-order chi connectivity index (χ1) is 6.84. The van der Waals surface area contributed by atoms with E-state index in [4.69, 9.17) is 10.2 Å². The summed E-state index contributed by atoms with van der Waals surface area (Å²) in [6.45, 7) is 0. The van der Waals surface area contributed by atoms with Crippen LogP contribution in [-0.4, -0.2) is 40.3 Å². The van der Waals surface area contributed by atoms with Crippen LogP contribution in [0.1, 0.15) is 6.42 Å². The van der Waals surface area contributed by atoms with E-state index in [-0.39, 0.29) is 0 Å². The monoisotopic (exact) mass is 258 g/mol. The number of rotatable bonds is 4. The van der Waals surface area contributed by atoms with E-state index < -0.39 is 36.5 Å². The number of aliphatic hydroxyl groups is 1. The molecule has 0 amide bonds. The Morgan fingerprint density at radius 2 is 1.44 bits per heavy atom. The van der Waals surface area contributed by atoms with Gasteiger partial charge in [-0.05, 0) is 0 Å². The minimum Gasteiger partial charge on any atom is -0.481 e. The normalized spacial score (nSPS) is 16.0. The highest BCUT2D eigenvalue weighted by molar-refractivity contribution is 5.67. The van der Waals surface area contributed by atoms with Crippen molar-refractivity contribution in [1.82, 2.24) is 0 Å². The van der Waals surface area contributed by atoms with Crippen molar-refractivity contribution < 1.29 is 45.7 Å². The second-order valence-corrected chi connectivity index (χ2v) is 2.81. The Morgan fingerprint density at radius 1 is 1.06 bits per heavy atom. The number of carboxylic acids is 1. The second kappa shape index (κ2) is 4.07. The Morgan fingerprint density at radius 3 is 1.69 bits per heavy atom. The molecule has 0 aliphatic heterocycles. The molecule has 0 rings (SSSR count). The molecular formula is C6H5F7O3. The molecule has 0 aromatic rings. The number of hydrogen-bond donors (Lipinski definition) is 2. The quantitative estimate of drug-likeness (QED) is 0.754. The van der Waals surface area contributed by atoms with E-state index in [9.17, 15) is 35.5 Å². The molecule has 0 aliphatic carbocycles. The largest absolute Gasteiger partial charge is 0.481 e. The third kappa shape index (κ3) is 2.54. The van der Waals surface area contributed by atoms with Crippen LogP contribution < -0.4 is 0 Å². The van der Waals surface area contributed by atoms with Gasteiger partial charge in [0.25, 0.3) is 0 Å². The van der Waals surface area contributed by atoms with Crippen molar-refractivity contribution in [2.24, 2.45) is 0 Å². The highest BCUT2D eigenvalue weighted by Crippen LogP contribution is 2.48. The van der Waals surface area contributed by atoms with Gasteiger partial charge in [0, 0.05) is 0 Å². The van der Waals surface area contributed by atoms with Gasteiger partial charge in [0.1, 0.15) is 6.10 Å². The summed E-state index contributed by atoms with van der Waals surface area (Å²) in [5.41, 5.74) is 0. The Balaban J connectivity index is 5.11. The summed E-state index contributed by atoms with van der Waals surface area (Å²) in [5.74, 6) is -14.6. The maximum Gasteiger partial charge on any atom is 0.459 e. The zero-order valence-corrected chi connectivity index (χ0v) is 7.23. The number of aliphatic carboxylic acids is 1. The van der Waals surface area contributed by atoms with E-state index in [1.807, 2.05) is 0 Å². The van der Waals surface area contributed by atoms with Crippen LogP contribution in [0.2, 0.25) is 0 Å². The van der Waals surface area contributed by atoms with E-state index in [2.05, 4.69) is 0 Å². The first kappa shape index (κ1) is 14.9. The maximum atomic E-state index is 12.5. The molecule has 16 heavy (non-hydrogen) atoms. The van der Waals surface area contributed by atoms with Crippen molar-refractivity contribution in [1.29, 1.82) is 0 Å². The minimum absolute atomic E-state index is 1.93. The summed E-state index contributed by atoms with van der Waals surface area (Å²) < 4.78 is 83.9. The van der Waals surface area contributed by atoms with Gasteiger partial charge in [-0.3, -0.25) is 4.79 Å². The molecular weight excluding hydrogens is 253 g/mol. The summed E-state index contributed by atoms with van der Waals surface area (Å²) >= 11 is 0. The smallest absolute Gasteiger partial charge is 0.459 e. The average molecular weight is 258 g/mol. The van der Waals surface area contributed by atoms with Crippen LogP contribution in [-0.2, 0) is 4.79 Å². The number of hydrogen-bond acceptors (Lipinski definition) is 2. The molecule has 0 radical (unpaired) electrons. The van der Waals surface area contributed by atoms with Gasteiger partial charge in [0.05, 0.1) is 6.42 Å². The van der Waals surface area contributed by atoms with Gasteiger partial charge in [-0.15, -0.1) is 0 Å². The summed E-state index contributed by atoms with van der Waals surface area (Å²) in [7, 11) is 0. The Labute approximate surface area is 83.5 Å². The van der Waals surface area contributed by atoms with Gasteiger partial charge in [0.15, 0.2) is 0 Å². The van der Waals surface area contributed by atoms with Crippen LogP contribution in [0.15, 0.2) is 0 Å². The molecule has 0 saturated heterocycles. The molecule has 0 heterocycles. The molecule has 0 bridgehead atoms. The fraction of sp³-hybridized carbons (Fsp3) is 0.833. The third-order valence-electron chi connectivity index (χ3n) is 1.56. The molecule has 1 atom stereocenters. The van der Waals surface area contributed by atoms with Crippen LogP contribution in [0, 0.1) is 0 Å². The van der Waals surface area contributed by atoms with Gasteiger partial charge in [-0.2, -0.15) is 30.7 Å². The lowest BCUT2D eigenvalue weighted by atomic mass is 10.0. The fourth-order valence-electron chi connectivity index (χ4n) is 0.692. The maximum absolute atomic E-state index is 12.5. The predicted molar refractivity (Wildman–Crippen MR) is 34.2 cm³/mol. The first-order valence-electron chi connectivity index (χ1n) is 3.56. The summed E-state index contributed by atoms with van der Waals surface area (Å²) in [6, 6.07) is 0. The molecule has 0 saturated carbocycles. The zero-order valence-electron chi connectivity index (χ0n) is 7.23. The lowest BCUT2D eigenvalue weighted by Crippen LogP contribution is -2.58. The molecule has 0 spiro atoms. The topological polar surface area (TPSA) is 57.5 Å². The van der Waals surface area contributed by atoms with E-state index in [0.717, 1.165) is 0 Å². The van der Waals surface area contributed by atoms with E-state index in [1.54, 1.807) is 0 Å². The van der Waals surface area contributed by atoms with Crippen LogP contribution in [0.3, 0.4) is 0 Å². The van der Waals surface area contributed by atoms with Crippen LogP contribution >= 0.6 is 0 Å². The molecule has 10 heteroatoms.